The van der Waals surface area contributed by atoms with E-state index in [1.807, 2.05) is 0 Å². The summed E-state index contributed by atoms with van der Waals surface area (Å²) >= 11 is 0. The zero-order valence-electron chi connectivity index (χ0n) is 15.3. The summed E-state index contributed by atoms with van der Waals surface area (Å²) in [4.78, 5) is 12.1. The van der Waals surface area contributed by atoms with Crippen molar-refractivity contribution < 1.29 is 24.9 Å². The number of allylic oxidation sites excluding steroid dienone is 2. The molecule has 0 aliphatic heterocycles. The fraction of sp³-hybridized carbons (Fsp3) is 0.286. The van der Waals surface area contributed by atoms with Crippen molar-refractivity contribution in [2.24, 2.45) is 5.73 Å². The van der Waals surface area contributed by atoms with Gasteiger partial charge in [-0.3, -0.25) is 4.79 Å². The number of nitrogens with two attached hydrogens (primary N) is 1. The second kappa shape index (κ2) is 9.64. The first-order valence-electron chi connectivity index (χ1n) is 8.69. The average Bonchev–Trinajstić information content (AvgIpc) is 2.66. The topological polar surface area (TPSA) is 113 Å². The number of hydrogen-bond donors (Lipinski definition) is 4. The predicted molar refractivity (Wildman–Crippen MR) is 103 cm³/mol. The first kappa shape index (κ1) is 20.3. The Morgan fingerprint density at radius 2 is 1.67 bits per heavy atom. The molecule has 0 heterocycles. The fourth-order valence-electron chi connectivity index (χ4n) is 2.71. The van der Waals surface area contributed by atoms with E-state index in [-0.39, 0.29) is 23.9 Å². The van der Waals surface area contributed by atoms with Gasteiger partial charge in [-0.15, -0.1) is 0 Å². The molecule has 0 bridgehead atoms. The molecular weight excluding hydrogens is 346 g/mol. The molecule has 0 atom stereocenters. The summed E-state index contributed by atoms with van der Waals surface area (Å²) in [7, 11) is 1.48. The smallest absolute Gasteiger partial charge is 0.160 e. The minimum Gasteiger partial charge on any atom is -0.508 e. The minimum absolute atomic E-state index is 0.0609. The monoisotopic (exact) mass is 371 g/mol. The van der Waals surface area contributed by atoms with Crippen LogP contribution in [0.15, 0.2) is 48.2 Å². The van der Waals surface area contributed by atoms with Crippen LogP contribution in [-0.2, 0) is 24.2 Å². The van der Waals surface area contributed by atoms with Gasteiger partial charge in [0, 0.05) is 17.7 Å². The van der Waals surface area contributed by atoms with Gasteiger partial charge in [0.15, 0.2) is 17.3 Å². The standard InChI is InChI=1S/C21H25NO5/c1-27-21-11-15(5-9-20(21)26)3-7-18(24)12-17(22)6-2-14-4-8-19(25)16(10-14)13-23/h4-5,8-12,23,25-26H,2-3,6-7,13,22H2,1H3/b17-12-. The maximum absolute atomic E-state index is 12.1. The van der Waals surface area contributed by atoms with Crippen LogP contribution in [0.1, 0.15) is 29.5 Å². The van der Waals surface area contributed by atoms with E-state index >= 15 is 0 Å². The molecule has 5 N–H and O–H groups in total. The second-order valence-electron chi connectivity index (χ2n) is 6.31. The van der Waals surface area contributed by atoms with Crippen molar-refractivity contribution in [2.75, 3.05) is 7.11 Å². The van der Waals surface area contributed by atoms with Gasteiger partial charge in [-0.25, -0.2) is 0 Å². The maximum atomic E-state index is 12.1. The SMILES string of the molecule is COc1cc(CCC(=O)/C=C(\N)CCc2ccc(O)c(CO)c2)ccc1O. The highest BCUT2D eigenvalue weighted by atomic mass is 16.5. The number of hydrogen-bond acceptors (Lipinski definition) is 6. The van der Waals surface area contributed by atoms with Crippen LogP contribution in [0, 0.1) is 0 Å². The molecule has 27 heavy (non-hydrogen) atoms. The molecule has 0 unspecified atom stereocenters. The van der Waals surface area contributed by atoms with Gasteiger partial charge < -0.3 is 25.8 Å². The molecular formula is C21H25NO5. The van der Waals surface area contributed by atoms with Crippen molar-refractivity contribution in [1.82, 2.24) is 0 Å². The van der Waals surface area contributed by atoms with Gasteiger partial charge in [0.05, 0.1) is 13.7 Å². The lowest BCUT2D eigenvalue weighted by Gasteiger charge is -2.07. The molecule has 0 saturated carbocycles. The molecule has 6 nitrogen and oxygen atoms in total. The van der Waals surface area contributed by atoms with E-state index in [0.29, 0.717) is 42.7 Å². The van der Waals surface area contributed by atoms with Crippen LogP contribution < -0.4 is 10.5 Å². The number of carbonyl (C=O) groups is 1. The first-order chi connectivity index (χ1) is 12.9. The lowest BCUT2D eigenvalue weighted by atomic mass is 10.0. The number of phenols is 2. The van der Waals surface area contributed by atoms with E-state index in [4.69, 9.17) is 10.5 Å². The molecule has 0 fully saturated rings. The van der Waals surface area contributed by atoms with Gasteiger partial charge >= 0.3 is 0 Å². The van der Waals surface area contributed by atoms with Crippen LogP contribution in [-0.4, -0.2) is 28.2 Å². The minimum atomic E-state index is -0.231. The van der Waals surface area contributed by atoms with E-state index in [2.05, 4.69) is 0 Å². The Bertz CT molecular complexity index is 829. The highest BCUT2D eigenvalue weighted by Gasteiger charge is 2.06. The number of aromatic hydroxyl groups is 2. The van der Waals surface area contributed by atoms with E-state index in [1.165, 1.54) is 19.3 Å². The van der Waals surface area contributed by atoms with Crippen LogP contribution in [0.4, 0.5) is 0 Å². The third-order valence-corrected chi connectivity index (χ3v) is 4.27. The summed E-state index contributed by atoms with van der Waals surface area (Å²) in [5, 5.41) is 28.3. The molecule has 144 valence electrons. The van der Waals surface area contributed by atoms with Gasteiger partial charge in [0.25, 0.3) is 0 Å². The summed E-state index contributed by atoms with van der Waals surface area (Å²) in [6.45, 7) is -0.231. The van der Waals surface area contributed by atoms with Crippen molar-refractivity contribution >= 4 is 5.78 Å². The van der Waals surface area contributed by atoms with Crippen molar-refractivity contribution in [3.05, 3.63) is 64.9 Å². The number of aliphatic hydroxyl groups excluding tert-OH is 1. The molecule has 0 radical (unpaired) electrons. The Morgan fingerprint density at radius 1 is 1.04 bits per heavy atom. The quantitative estimate of drug-likeness (QED) is 0.504. The Balaban J connectivity index is 1.87. The summed E-state index contributed by atoms with van der Waals surface area (Å²) in [5.74, 6) is 0.438. The van der Waals surface area contributed by atoms with Gasteiger partial charge in [0.1, 0.15) is 5.75 Å². The van der Waals surface area contributed by atoms with Crippen molar-refractivity contribution in [2.45, 2.75) is 32.3 Å². The highest BCUT2D eigenvalue weighted by molar-refractivity contribution is 5.90. The van der Waals surface area contributed by atoms with Crippen LogP contribution >= 0.6 is 0 Å². The third-order valence-electron chi connectivity index (χ3n) is 4.27. The summed E-state index contributed by atoms with van der Waals surface area (Å²) in [6, 6.07) is 10.0. The van der Waals surface area contributed by atoms with Crippen molar-refractivity contribution in [3.8, 4) is 17.2 Å². The number of methoxy groups -OCH3 is 1. The largest absolute Gasteiger partial charge is 0.508 e. The molecule has 0 aliphatic carbocycles. The third kappa shape index (κ3) is 6.04. The van der Waals surface area contributed by atoms with Gasteiger partial charge in [0.2, 0.25) is 0 Å². The first-order valence-corrected chi connectivity index (χ1v) is 8.69. The fourth-order valence-corrected chi connectivity index (χ4v) is 2.71. The molecule has 6 heteroatoms. The Hall–Kier alpha value is -2.99. The van der Waals surface area contributed by atoms with E-state index in [0.717, 1.165) is 11.1 Å². The summed E-state index contributed by atoms with van der Waals surface area (Å²) in [5.41, 5.74) is 8.72. The van der Waals surface area contributed by atoms with Gasteiger partial charge in [-0.1, -0.05) is 12.1 Å². The van der Waals surface area contributed by atoms with E-state index < -0.39 is 0 Å². The molecule has 2 aromatic carbocycles. The normalized spacial score (nSPS) is 11.4. The molecule has 2 aromatic rings. The van der Waals surface area contributed by atoms with Crippen molar-refractivity contribution in [3.63, 3.8) is 0 Å². The second-order valence-corrected chi connectivity index (χ2v) is 6.31. The Morgan fingerprint density at radius 3 is 2.33 bits per heavy atom. The molecule has 0 amide bonds. The Labute approximate surface area is 158 Å². The van der Waals surface area contributed by atoms with Crippen LogP contribution in [0.2, 0.25) is 0 Å². The lowest BCUT2D eigenvalue weighted by molar-refractivity contribution is -0.114. The van der Waals surface area contributed by atoms with Crippen LogP contribution in [0.5, 0.6) is 17.2 Å². The number of carbonyl (C=O) groups excluding carboxylic acids is 1. The van der Waals surface area contributed by atoms with Crippen LogP contribution in [0.25, 0.3) is 0 Å². The lowest BCUT2D eigenvalue weighted by Crippen LogP contribution is -2.05. The number of aryl methyl sites for hydroxylation is 2. The maximum Gasteiger partial charge on any atom is 0.160 e. The van der Waals surface area contributed by atoms with Crippen molar-refractivity contribution in [1.29, 1.82) is 0 Å². The average molecular weight is 371 g/mol. The van der Waals surface area contributed by atoms with Crippen LogP contribution in [0.3, 0.4) is 0 Å². The Kier molecular flexibility index (Phi) is 7.25. The number of benzene rings is 2. The van der Waals surface area contributed by atoms with E-state index in [1.54, 1.807) is 30.3 Å². The number of ketones is 1. The van der Waals surface area contributed by atoms with Gasteiger partial charge in [-0.05, 0) is 60.7 Å². The number of rotatable bonds is 9. The molecule has 2 rings (SSSR count). The zero-order chi connectivity index (χ0) is 19.8. The molecule has 0 saturated heterocycles. The number of aliphatic hydroxyl groups is 1. The van der Waals surface area contributed by atoms with E-state index in [9.17, 15) is 20.1 Å². The summed E-state index contributed by atoms with van der Waals surface area (Å²) < 4.78 is 5.06. The molecule has 0 aliphatic rings. The summed E-state index contributed by atoms with van der Waals surface area (Å²) in [6.07, 6.45) is 3.40. The molecule has 0 spiro atoms. The number of ether oxygens (including phenoxy) is 1. The zero-order valence-corrected chi connectivity index (χ0v) is 15.3. The number of phenolic OH excluding ortho intramolecular Hbond substituents is 1. The molecule has 0 aromatic heterocycles. The highest BCUT2D eigenvalue weighted by Crippen LogP contribution is 2.26. The van der Waals surface area contributed by atoms with Gasteiger partial charge in [-0.2, -0.15) is 0 Å². The predicted octanol–water partition coefficient (Wildman–Crippen LogP) is 2.58.